The number of alkyl halides is 2. The minimum atomic E-state index is -3.34. The monoisotopic (exact) mass is 454 g/mol. The number of benzene rings is 2. The highest BCUT2D eigenvalue weighted by Crippen LogP contribution is 2.30. The van der Waals surface area contributed by atoms with Crippen LogP contribution in [0.1, 0.15) is 23.6 Å². The van der Waals surface area contributed by atoms with Crippen LogP contribution in [0.25, 0.3) is 6.08 Å². The highest BCUT2D eigenvalue weighted by atomic mass is 32.2. The van der Waals surface area contributed by atoms with Gasteiger partial charge in [-0.05, 0) is 48.9 Å². The molecular weight excluding hydrogens is 430 g/mol. The summed E-state index contributed by atoms with van der Waals surface area (Å²) >= 11 is 0. The topological polar surface area (TPSA) is 93.7 Å². The summed E-state index contributed by atoms with van der Waals surface area (Å²) in [6, 6.07) is 11.2. The molecule has 7 nitrogen and oxygen atoms in total. The number of hydrogen-bond donors (Lipinski definition) is 2. The average Bonchev–Trinajstić information content (AvgIpc) is 2.73. The second-order valence-electron chi connectivity index (χ2n) is 6.35. The van der Waals surface area contributed by atoms with Gasteiger partial charge in [0.15, 0.2) is 11.5 Å². The van der Waals surface area contributed by atoms with Crippen LogP contribution in [0.4, 0.5) is 8.78 Å². The number of amides is 1. The number of nitrogens with one attached hydrogen (secondary N) is 2. The number of carbonyl (C=O) groups excluding carboxylic acids is 1. The lowest BCUT2D eigenvalue weighted by molar-refractivity contribution is -0.116. The maximum Gasteiger partial charge on any atom is 0.387 e. The Morgan fingerprint density at radius 2 is 1.77 bits per heavy atom. The van der Waals surface area contributed by atoms with Gasteiger partial charge in [-0.2, -0.15) is 8.78 Å². The van der Waals surface area contributed by atoms with Gasteiger partial charge in [0.2, 0.25) is 15.9 Å². The predicted octanol–water partition coefficient (Wildman–Crippen LogP) is 3.07. The molecule has 2 rings (SSSR count). The summed E-state index contributed by atoms with van der Waals surface area (Å²) in [6.45, 7) is -0.720. The zero-order valence-corrected chi connectivity index (χ0v) is 17.9. The van der Waals surface area contributed by atoms with Crippen molar-refractivity contribution in [3.05, 3.63) is 65.2 Å². The number of ether oxygens (including phenoxy) is 2. The zero-order valence-electron chi connectivity index (χ0n) is 17.1. The molecule has 10 heteroatoms. The van der Waals surface area contributed by atoms with Gasteiger partial charge in [-0.15, -0.1) is 0 Å². The van der Waals surface area contributed by atoms with Crippen molar-refractivity contribution in [2.75, 3.05) is 13.7 Å². The molecule has 2 N–H and O–H groups in total. The Labute approximate surface area is 180 Å². The average molecular weight is 454 g/mol. The van der Waals surface area contributed by atoms with Crippen LogP contribution < -0.4 is 19.5 Å². The van der Waals surface area contributed by atoms with Gasteiger partial charge in [0.05, 0.1) is 12.4 Å². The van der Waals surface area contributed by atoms with E-state index in [1.165, 1.54) is 37.4 Å². The quantitative estimate of drug-likeness (QED) is 0.509. The third-order valence-corrected chi connectivity index (χ3v) is 5.40. The molecule has 0 heterocycles. The van der Waals surface area contributed by atoms with E-state index in [-0.39, 0.29) is 36.3 Å². The Kier molecular flexibility index (Phi) is 8.95. The van der Waals surface area contributed by atoms with Gasteiger partial charge in [-0.3, -0.25) is 4.79 Å². The first kappa shape index (κ1) is 24.3. The zero-order chi connectivity index (χ0) is 22.9. The van der Waals surface area contributed by atoms with Crippen LogP contribution in [0.5, 0.6) is 11.5 Å². The summed E-state index contributed by atoms with van der Waals surface area (Å²) in [4.78, 5) is 12.1. The molecule has 0 unspecified atom stereocenters. The first-order chi connectivity index (χ1) is 14.7. The second-order valence-corrected chi connectivity index (χ2v) is 8.27. The third kappa shape index (κ3) is 8.35. The Balaban J connectivity index is 1.94. The summed E-state index contributed by atoms with van der Waals surface area (Å²) in [6.07, 6.45) is 2.84. The first-order valence-corrected chi connectivity index (χ1v) is 11.0. The predicted molar refractivity (Wildman–Crippen MR) is 113 cm³/mol. The Bertz CT molecular complexity index is 1010. The number of rotatable bonds is 11. The van der Waals surface area contributed by atoms with Gasteiger partial charge in [0, 0.05) is 12.6 Å². The van der Waals surface area contributed by atoms with E-state index < -0.39 is 16.6 Å². The van der Waals surface area contributed by atoms with Crippen molar-refractivity contribution in [1.82, 2.24) is 10.0 Å². The van der Waals surface area contributed by atoms with E-state index in [1.807, 2.05) is 0 Å². The number of hydrogen-bond acceptors (Lipinski definition) is 5. The molecule has 0 fully saturated rings. The molecule has 0 aliphatic heterocycles. The summed E-state index contributed by atoms with van der Waals surface area (Å²) < 4.78 is 60.0. The molecule has 0 spiro atoms. The molecule has 0 radical (unpaired) electrons. The Hall–Kier alpha value is -2.98. The minimum Gasteiger partial charge on any atom is -0.490 e. The van der Waals surface area contributed by atoms with Gasteiger partial charge < -0.3 is 14.8 Å². The highest BCUT2D eigenvalue weighted by Gasteiger charge is 2.11. The van der Waals surface area contributed by atoms with E-state index in [0.717, 1.165) is 5.56 Å². The van der Waals surface area contributed by atoms with Crippen molar-refractivity contribution in [2.24, 2.45) is 0 Å². The molecule has 0 aromatic heterocycles. The molecule has 0 atom stereocenters. The van der Waals surface area contributed by atoms with E-state index in [4.69, 9.17) is 4.74 Å². The van der Waals surface area contributed by atoms with E-state index in [2.05, 4.69) is 14.8 Å². The molecule has 2 aromatic rings. The van der Waals surface area contributed by atoms with Crippen LogP contribution in [0, 0.1) is 0 Å². The smallest absolute Gasteiger partial charge is 0.387 e. The molecule has 0 aliphatic carbocycles. The molecule has 0 bridgehead atoms. The highest BCUT2D eigenvalue weighted by molar-refractivity contribution is 7.88. The van der Waals surface area contributed by atoms with Crippen LogP contribution in [0.3, 0.4) is 0 Å². The summed E-state index contributed by atoms with van der Waals surface area (Å²) in [5, 5.41) is 2.71. The molecule has 0 saturated carbocycles. The van der Waals surface area contributed by atoms with Crippen molar-refractivity contribution >= 4 is 22.0 Å². The largest absolute Gasteiger partial charge is 0.490 e. The van der Waals surface area contributed by atoms with Crippen LogP contribution in [-0.4, -0.2) is 34.6 Å². The van der Waals surface area contributed by atoms with E-state index in [0.29, 0.717) is 11.1 Å². The fourth-order valence-corrected chi connectivity index (χ4v) is 3.33. The SMILES string of the molecule is CCOc1cc(/C=C/C(=O)NCc2ccc(CS(=O)(=O)NC)cc2)ccc1OC(F)F. The molecule has 2 aromatic carbocycles. The van der Waals surface area contributed by atoms with Crippen LogP contribution in [0.2, 0.25) is 0 Å². The van der Waals surface area contributed by atoms with Crippen molar-refractivity contribution in [3.8, 4) is 11.5 Å². The van der Waals surface area contributed by atoms with E-state index >= 15 is 0 Å². The van der Waals surface area contributed by atoms with Gasteiger partial charge >= 0.3 is 6.61 Å². The van der Waals surface area contributed by atoms with Crippen molar-refractivity contribution in [1.29, 1.82) is 0 Å². The van der Waals surface area contributed by atoms with Crippen LogP contribution >= 0.6 is 0 Å². The maximum absolute atomic E-state index is 12.5. The lowest BCUT2D eigenvalue weighted by atomic mass is 10.1. The fraction of sp³-hybridized carbons (Fsp3) is 0.286. The Morgan fingerprint density at radius 1 is 1.10 bits per heavy atom. The van der Waals surface area contributed by atoms with Gasteiger partial charge in [-0.25, -0.2) is 13.1 Å². The molecular formula is C21H24F2N2O5S. The number of halogens is 2. The lowest BCUT2D eigenvalue weighted by Gasteiger charge is -2.11. The van der Waals surface area contributed by atoms with Crippen molar-refractivity contribution in [3.63, 3.8) is 0 Å². The molecule has 1 amide bonds. The standard InChI is InChI=1S/C21H24F2N2O5S/c1-3-29-19-12-15(8-10-18(19)30-21(22)23)9-11-20(26)25-13-16-4-6-17(7-5-16)14-31(27,28)24-2/h4-12,21,24H,3,13-14H2,1-2H3,(H,25,26)/b11-9+. The van der Waals surface area contributed by atoms with Crippen molar-refractivity contribution in [2.45, 2.75) is 25.8 Å². The number of carbonyl (C=O) groups is 1. The number of sulfonamides is 1. The molecule has 0 aliphatic rings. The molecule has 31 heavy (non-hydrogen) atoms. The second kappa shape index (κ2) is 11.4. The molecule has 0 saturated heterocycles. The summed E-state index contributed by atoms with van der Waals surface area (Å²) in [5.41, 5.74) is 2.02. The van der Waals surface area contributed by atoms with Gasteiger partial charge in [0.1, 0.15) is 0 Å². The van der Waals surface area contributed by atoms with Crippen LogP contribution in [0.15, 0.2) is 48.5 Å². The normalized spacial score (nSPS) is 11.6. The van der Waals surface area contributed by atoms with Gasteiger partial charge in [-0.1, -0.05) is 30.3 Å². The van der Waals surface area contributed by atoms with Gasteiger partial charge in [0.25, 0.3) is 0 Å². The maximum atomic E-state index is 12.5. The fourth-order valence-electron chi connectivity index (χ4n) is 2.55. The molecule has 168 valence electrons. The van der Waals surface area contributed by atoms with E-state index in [1.54, 1.807) is 31.2 Å². The first-order valence-electron chi connectivity index (χ1n) is 9.39. The van der Waals surface area contributed by atoms with Crippen molar-refractivity contribution < 1.29 is 31.5 Å². The Morgan fingerprint density at radius 3 is 2.39 bits per heavy atom. The summed E-state index contributed by atoms with van der Waals surface area (Å²) in [7, 11) is -1.99. The van der Waals surface area contributed by atoms with Crippen LogP contribution in [-0.2, 0) is 27.1 Å². The third-order valence-electron chi connectivity index (χ3n) is 4.07. The van der Waals surface area contributed by atoms with E-state index in [9.17, 15) is 22.0 Å². The summed E-state index contributed by atoms with van der Waals surface area (Å²) in [5.74, 6) is -0.396. The lowest BCUT2D eigenvalue weighted by Crippen LogP contribution is -2.21. The minimum absolute atomic E-state index is 0.0792.